The Bertz CT molecular complexity index is 1330. The molecule has 0 radical (unpaired) electrons. The van der Waals surface area contributed by atoms with E-state index in [1.165, 1.54) is 12.1 Å². The first kappa shape index (κ1) is 22.5. The number of fused-ring (bicyclic) bond motifs is 2. The van der Waals surface area contributed by atoms with Crippen molar-refractivity contribution >= 4 is 33.3 Å². The van der Waals surface area contributed by atoms with Crippen LogP contribution in [0.15, 0.2) is 71.6 Å². The van der Waals surface area contributed by atoms with Crippen LogP contribution in [0.2, 0.25) is 0 Å². The van der Waals surface area contributed by atoms with Gasteiger partial charge in [0.15, 0.2) is 0 Å². The molecule has 0 aliphatic carbocycles. The summed E-state index contributed by atoms with van der Waals surface area (Å²) in [4.78, 5) is 26.8. The van der Waals surface area contributed by atoms with Crippen molar-refractivity contribution in [2.75, 3.05) is 18.5 Å². The molecular formula is C25H24N2O5S. The fourth-order valence-corrected chi connectivity index (χ4v) is 5.47. The number of carboxylic acid groups (broad SMARTS) is 1. The molecule has 1 aliphatic heterocycles. The fourth-order valence-electron chi connectivity index (χ4n) is 4.08. The Morgan fingerprint density at radius 1 is 0.970 bits per heavy atom. The highest BCUT2D eigenvalue weighted by Gasteiger charge is 2.33. The smallest absolute Gasteiger partial charge is 0.305 e. The van der Waals surface area contributed by atoms with E-state index >= 15 is 0 Å². The van der Waals surface area contributed by atoms with Gasteiger partial charge in [-0.1, -0.05) is 42.0 Å². The summed E-state index contributed by atoms with van der Waals surface area (Å²) in [6.07, 6.45) is -0.0241. The SMILES string of the molecule is Cc1ccc(S(=O)(=O)N(CCC(=O)O)C(=O)c2cccc3c2Cc2ccccc2N3C)cc1. The van der Waals surface area contributed by atoms with Gasteiger partial charge in [0, 0.05) is 37.0 Å². The average molecular weight is 465 g/mol. The van der Waals surface area contributed by atoms with Crippen LogP contribution in [0.25, 0.3) is 0 Å². The van der Waals surface area contributed by atoms with Crippen molar-refractivity contribution in [3.05, 3.63) is 89.0 Å². The van der Waals surface area contributed by atoms with Crippen LogP contribution in [0.1, 0.15) is 33.5 Å². The highest BCUT2D eigenvalue weighted by Crippen LogP contribution is 2.39. The van der Waals surface area contributed by atoms with E-state index in [9.17, 15) is 23.1 Å². The number of nitrogens with zero attached hydrogens (tertiary/aromatic N) is 2. The molecule has 1 N–H and O–H groups in total. The third-order valence-corrected chi connectivity index (χ3v) is 7.62. The van der Waals surface area contributed by atoms with Gasteiger partial charge in [0.05, 0.1) is 11.3 Å². The van der Waals surface area contributed by atoms with Gasteiger partial charge in [0.2, 0.25) is 0 Å². The van der Waals surface area contributed by atoms with Gasteiger partial charge in [-0.2, -0.15) is 0 Å². The molecule has 0 unspecified atom stereocenters. The van der Waals surface area contributed by atoms with Crippen LogP contribution in [-0.4, -0.2) is 43.3 Å². The summed E-state index contributed by atoms with van der Waals surface area (Å²) in [5.74, 6) is -1.92. The summed E-state index contributed by atoms with van der Waals surface area (Å²) >= 11 is 0. The summed E-state index contributed by atoms with van der Waals surface area (Å²) in [6, 6.07) is 19.2. The predicted molar refractivity (Wildman–Crippen MR) is 125 cm³/mol. The van der Waals surface area contributed by atoms with Crippen molar-refractivity contribution in [2.24, 2.45) is 0 Å². The predicted octanol–water partition coefficient (Wildman–Crippen LogP) is 3.97. The zero-order valence-corrected chi connectivity index (χ0v) is 19.2. The quantitative estimate of drug-likeness (QED) is 0.593. The molecule has 1 aliphatic rings. The lowest BCUT2D eigenvalue weighted by atomic mass is 9.92. The normalized spacial score (nSPS) is 12.6. The van der Waals surface area contributed by atoms with Crippen LogP contribution < -0.4 is 4.90 Å². The van der Waals surface area contributed by atoms with Crippen molar-refractivity contribution < 1.29 is 23.1 Å². The Morgan fingerprint density at radius 2 is 1.64 bits per heavy atom. The Hall–Kier alpha value is -3.65. The first-order chi connectivity index (χ1) is 15.7. The lowest BCUT2D eigenvalue weighted by molar-refractivity contribution is -0.137. The number of carbonyl (C=O) groups excluding carboxylic acids is 1. The number of para-hydroxylation sites is 1. The minimum Gasteiger partial charge on any atom is -0.481 e. The van der Waals surface area contributed by atoms with Gasteiger partial charge in [-0.25, -0.2) is 12.7 Å². The molecular weight excluding hydrogens is 440 g/mol. The Kier molecular flexibility index (Phi) is 5.95. The number of hydrogen-bond acceptors (Lipinski definition) is 5. The number of sulfonamides is 1. The molecule has 0 atom stereocenters. The van der Waals surface area contributed by atoms with Crippen LogP contribution in [0.3, 0.4) is 0 Å². The Balaban J connectivity index is 1.79. The van der Waals surface area contributed by atoms with E-state index < -0.39 is 34.9 Å². The molecule has 1 amide bonds. The summed E-state index contributed by atoms with van der Waals surface area (Å²) in [5, 5.41) is 9.18. The molecule has 0 saturated carbocycles. The second-order valence-electron chi connectivity index (χ2n) is 8.01. The van der Waals surface area contributed by atoms with Gasteiger partial charge >= 0.3 is 5.97 Å². The van der Waals surface area contributed by atoms with Crippen molar-refractivity contribution in [1.29, 1.82) is 0 Å². The van der Waals surface area contributed by atoms with E-state index in [4.69, 9.17) is 0 Å². The minimum absolute atomic E-state index is 0.0564. The van der Waals surface area contributed by atoms with Crippen LogP contribution in [-0.2, 0) is 21.2 Å². The van der Waals surface area contributed by atoms with E-state index in [2.05, 4.69) is 0 Å². The summed E-state index contributed by atoms with van der Waals surface area (Å²) in [6.45, 7) is 1.37. The van der Waals surface area contributed by atoms with Gasteiger partial charge in [-0.3, -0.25) is 9.59 Å². The molecule has 0 fully saturated rings. The van der Waals surface area contributed by atoms with E-state index in [1.807, 2.05) is 49.2 Å². The maximum absolute atomic E-state index is 13.7. The molecule has 3 aromatic rings. The number of anilines is 2. The number of benzene rings is 3. The zero-order valence-electron chi connectivity index (χ0n) is 18.4. The molecule has 170 valence electrons. The Morgan fingerprint density at radius 3 is 2.33 bits per heavy atom. The standard InChI is InChI=1S/C25H24N2O5S/c1-17-10-12-19(13-11-17)33(31,32)27(15-14-24(28)29)25(30)20-7-5-9-23-21(20)16-18-6-3-4-8-22(18)26(23)2/h3-13H,14-16H2,1-2H3,(H,28,29). The molecule has 33 heavy (non-hydrogen) atoms. The number of aryl methyl sites for hydroxylation is 1. The van der Waals surface area contributed by atoms with Crippen LogP contribution in [0.4, 0.5) is 11.4 Å². The molecule has 8 heteroatoms. The highest BCUT2D eigenvalue weighted by atomic mass is 32.2. The van der Waals surface area contributed by atoms with Crippen LogP contribution in [0.5, 0.6) is 0 Å². The number of hydrogen-bond donors (Lipinski definition) is 1. The van der Waals surface area contributed by atoms with Gasteiger partial charge in [0.1, 0.15) is 0 Å². The molecule has 0 bridgehead atoms. The molecule has 0 saturated heterocycles. The third kappa shape index (κ3) is 4.21. The van der Waals surface area contributed by atoms with E-state index in [1.54, 1.807) is 24.3 Å². The van der Waals surface area contributed by atoms with E-state index in [0.29, 0.717) is 16.3 Å². The van der Waals surface area contributed by atoms with Crippen molar-refractivity contribution in [1.82, 2.24) is 4.31 Å². The summed E-state index contributed by atoms with van der Waals surface area (Å²) < 4.78 is 27.5. The summed E-state index contributed by atoms with van der Waals surface area (Å²) in [5.41, 5.74) is 4.68. The molecule has 0 spiro atoms. The molecule has 0 aromatic heterocycles. The van der Waals surface area contributed by atoms with Crippen molar-refractivity contribution in [2.45, 2.75) is 24.7 Å². The topological polar surface area (TPSA) is 95.0 Å². The van der Waals surface area contributed by atoms with Crippen molar-refractivity contribution in [3.8, 4) is 0 Å². The largest absolute Gasteiger partial charge is 0.481 e. The van der Waals surface area contributed by atoms with Crippen LogP contribution >= 0.6 is 0 Å². The monoisotopic (exact) mass is 464 g/mol. The average Bonchev–Trinajstić information content (AvgIpc) is 2.79. The number of aliphatic carboxylic acids is 1. The summed E-state index contributed by atoms with van der Waals surface area (Å²) in [7, 11) is -2.36. The number of carbonyl (C=O) groups is 2. The first-order valence-electron chi connectivity index (χ1n) is 10.5. The second-order valence-corrected chi connectivity index (χ2v) is 9.87. The molecule has 1 heterocycles. The molecule has 7 nitrogen and oxygen atoms in total. The number of carboxylic acids is 1. The zero-order chi connectivity index (χ0) is 23.8. The van der Waals surface area contributed by atoms with Gasteiger partial charge in [-0.05, 0) is 48.4 Å². The fraction of sp³-hybridized carbons (Fsp3) is 0.200. The maximum Gasteiger partial charge on any atom is 0.305 e. The lowest BCUT2D eigenvalue weighted by Crippen LogP contribution is -2.39. The van der Waals surface area contributed by atoms with Crippen LogP contribution in [0, 0.1) is 6.92 Å². The number of rotatable bonds is 6. The minimum atomic E-state index is -4.25. The third-order valence-electron chi connectivity index (χ3n) is 5.83. The first-order valence-corrected chi connectivity index (χ1v) is 11.9. The van der Waals surface area contributed by atoms with Gasteiger partial charge in [-0.15, -0.1) is 0 Å². The highest BCUT2D eigenvalue weighted by molar-refractivity contribution is 7.89. The Labute approximate surface area is 192 Å². The number of amides is 1. The van der Waals surface area contributed by atoms with E-state index in [-0.39, 0.29) is 10.5 Å². The van der Waals surface area contributed by atoms with E-state index in [0.717, 1.165) is 22.5 Å². The second kappa shape index (κ2) is 8.71. The molecule has 3 aromatic carbocycles. The van der Waals surface area contributed by atoms with Gasteiger partial charge < -0.3 is 10.0 Å². The molecule has 4 rings (SSSR count). The lowest BCUT2D eigenvalue weighted by Gasteiger charge is -2.32. The van der Waals surface area contributed by atoms with Crippen molar-refractivity contribution in [3.63, 3.8) is 0 Å². The van der Waals surface area contributed by atoms with Gasteiger partial charge in [0.25, 0.3) is 15.9 Å². The maximum atomic E-state index is 13.7.